The Labute approximate surface area is 77.6 Å². The molecule has 0 aromatic carbocycles. The zero-order valence-electron chi connectivity index (χ0n) is 8.34. The lowest BCUT2D eigenvalue weighted by molar-refractivity contribution is -0.129. The van der Waals surface area contributed by atoms with E-state index >= 15 is 0 Å². The fraction of sp³-hybridized carbons (Fsp3) is 0.556. The predicted octanol–water partition coefficient (Wildman–Crippen LogP) is 0.257. The van der Waals surface area contributed by atoms with Gasteiger partial charge in [-0.2, -0.15) is 0 Å². The summed E-state index contributed by atoms with van der Waals surface area (Å²) in [5, 5.41) is 2.98. The average Bonchev–Trinajstić information content (AvgIpc) is 2.13. The van der Waals surface area contributed by atoms with Gasteiger partial charge in [-0.05, 0) is 20.8 Å². The lowest BCUT2D eigenvalue weighted by Crippen LogP contribution is -2.39. The molecule has 0 atom stereocenters. The number of nitrogens with one attached hydrogen (secondary N) is 1. The summed E-state index contributed by atoms with van der Waals surface area (Å²) < 4.78 is 0. The van der Waals surface area contributed by atoms with Gasteiger partial charge in [0.15, 0.2) is 5.78 Å². The van der Waals surface area contributed by atoms with Gasteiger partial charge in [-0.25, -0.2) is 0 Å². The number of likely N-dealkylation sites (N-methyl/N-ethyl adjacent to an activating group) is 1. The van der Waals surface area contributed by atoms with Crippen LogP contribution in [0.25, 0.3) is 0 Å². The molecule has 13 heavy (non-hydrogen) atoms. The summed E-state index contributed by atoms with van der Waals surface area (Å²) in [5.74, 6) is 0.474. The number of rotatable bonds is 1. The first kappa shape index (κ1) is 9.77. The number of hydrogen-bond acceptors (Lipinski definition) is 3. The molecule has 1 rings (SSSR count). The van der Waals surface area contributed by atoms with Crippen molar-refractivity contribution >= 4 is 11.7 Å². The van der Waals surface area contributed by atoms with Gasteiger partial charge >= 0.3 is 0 Å². The molecule has 4 heteroatoms. The molecule has 1 aliphatic rings. The number of amides is 1. The Kier molecular flexibility index (Phi) is 2.15. The van der Waals surface area contributed by atoms with Gasteiger partial charge in [-0.3, -0.25) is 14.5 Å². The SMILES string of the molecule is CC(=O)/C=C1/NC(C)(C)C(=O)N1C. The van der Waals surface area contributed by atoms with Crippen LogP contribution < -0.4 is 5.32 Å². The fourth-order valence-electron chi connectivity index (χ4n) is 1.31. The summed E-state index contributed by atoms with van der Waals surface area (Å²) in [4.78, 5) is 23.8. The molecule has 0 bridgehead atoms. The molecule has 1 aliphatic heterocycles. The quantitative estimate of drug-likeness (QED) is 0.592. The molecule has 1 heterocycles. The van der Waals surface area contributed by atoms with Crippen LogP contribution in [0.4, 0.5) is 0 Å². The molecule has 4 nitrogen and oxygen atoms in total. The van der Waals surface area contributed by atoms with Crippen LogP contribution in [0.2, 0.25) is 0 Å². The van der Waals surface area contributed by atoms with E-state index in [9.17, 15) is 9.59 Å². The lowest BCUT2D eigenvalue weighted by atomic mass is 10.1. The monoisotopic (exact) mass is 182 g/mol. The number of carbonyl (C=O) groups excluding carboxylic acids is 2. The molecule has 72 valence electrons. The number of hydrogen-bond donors (Lipinski definition) is 1. The van der Waals surface area contributed by atoms with E-state index in [1.54, 1.807) is 20.9 Å². The first-order valence-electron chi connectivity index (χ1n) is 4.13. The molecular weight excluding hydrogens is 168 g/mol. The molecule has 0 unspecified atom stereocenters. The van der Waals surface area contributed by atoms with Crippen molar-refractivity contribution in [3.8, 4) is 0 Å². The van der Waals surface area contributed by atoms with Crippen molar-refractivity contribution in [1.82, 2.24) is 10.2 Å². The summed E-state index contributed by atoms with van der Waals surface area (Å²) in [6, 6.07) is 0. The van der Waals surface area contributed by atoms with Crippen molar-refractivity contribution in [2.75, 3.05) is 7.05 Å². The summed E-state index contributed by atoms with van der Waals surface area (Å²) in [6.45, 7) is 5.03. The maximum Gasteiger partial charge on any atom is 0.252 e. The van der Waals surface area contributed by atoms with Crippen LogP contribution in [0.5, 0.6) is 0 Å². The molecule has 1 saturated heterocycles. The first-order valence-corrected chi connectivity index (χ1v) is 4.13. The van der Waals surface area contributed by atoms with Gasteiger partial charge in [0.1, 0.15) is 11.4 Å². The molecule has 1 N–H and O–H groups in total. The van der Waals surface area contributed by atoms with Crippen LogP contribution in [0.1, 0.15) is 20.8 Å². The number of carbonyl (C=O) groups is 2. The van der Waals surface area contributed by atoms with Crippen LogP contribution in [0.15, 0.2) is 11.9 Å². The summed E-state index contributed by atoms with van der Waals surface area (Å²) in [7, 11) is 1.65. The Hall–Kier alpha value is -1.32. The van der Waals surface area contributed by atoms with E-state index in [0.717, 1.165) is 0 Å². The van der Waals surface area contributed by atoms with E-state index in [4.69, 9.17) is 0 Å². The van der Waals surface area contributed by atoms with Crippen molar-refractivity contribution in [2.24, 2.45) is 0 Å². The Balaban J connectivity index is 2.97. The van der Waals surface area contributed by atoms with Crippen molar-refractivity contribution < 1.29 is 9.59 Å². The number of ketones is 1. The van der Waals surface area contributed by atoms with Crippen LogP contribution >= 0.6 is 0 Å². The largest absolute Gasteiger partial charge is 0.358 e. The van der Waals surface area contributed by atoms with E-state index in [1.807, 2.05) is 0 Å². The molecule has 0 aromatic rings. The van der Waals surface area contributed by atoms with Gasteiger partial charge in [-0.15, -0.1) is 0 Å². The van der Waals surface area contributed by atoms with Crippen LogP contribution in [0.3, 0.4) is 0 Å². The zero-order chi connectivity index (χ0) is 10.2. The summed E-state index contributed by atoms with van der Waals surface area (Å²) in [5.41, 5.74) is -0.601. The van der Waals surface area contributed by atoms with E-state index in [1.165, 1.54) is 17.9 Å². The van der Waals surface area contributed by atoms with Gasteiger partial charge in [0.2, 0.25) is 0 Å². The number of nitrogens with zero attached hydrogens (tertiary/aromatic N) is 1. The van der Waals surface area contributed by atoms with E-state index in [0.29, 0.717) is 5.82 Å². The highest BCUT2D eigenvalue weighted by Crippen LogP contribution is 2.20. The first-order chi connectivity index (χ1) is 5.84. The highest BCUT2D eigenvalue weighted by atomic mass is 16.2. The molecular formula is C9H14N2O2. The van der Waals surface area contributed by atoms with Crippen molar-refractivity contribution in [3.05, 3.63) is 11.9 Å². The normalized spacial score (nSPS) is 23.5. The van der Waals surface area contributed by atoms with E-state index in [2.05, 4.69) is 5.32 Å². The minimum atomic E-state index is -0.601. The second-order valence-electron chi connectivity index (χ2n) is 3.75. The molecule has 0 aromatic heterocycles. The molecule has 1 fully saturated rings. The second kappa shape index (κ2) is 2.87. The van der Waals surface area contributed by atoms with E-state index in [-0.39, 0.29) is 11.7 Å². The fourth-order valence-corrected chi connectivity index (χ4v) is 1.31. The van der Waals surface area contributed by atoms with Gasteiger partial charge in [-0.1, -0.05) is 0 Å². The van der Waals surface area contributed by atoms with Crippen LogP contribution in [0, 0.1) is 0 Å². The third-order valence-electron chi connectivity index (χ3n) is 1.98. The van der Waals surface area contributed by atoms with Crippen LogP contribution in [-0.2, 0) is 9.59 Å². The summed E-state index contributed by atoms with van der Waals surface area (Å²) >= 11 is 0. The van der Waals surface area contributed by atoms with Gasteiger partial charge < -0.3 is 5.32 Å². The number of allylic oxidation sites excluding steroid dienone is 1. The highest BCUT2D eigenvalue weighted by Gasteiger charge is 2.39. The molecule has 0 saturated carbocycles. The third-order valence-corrected chi connectivity index (χ3v) is 1.98. The van der Waals surface area contributed by atoms with Crippen molar-refractivity contribution in [1.29, 1.82) is 0 Å². The Bertz CT molecular complexity index is 292. The van der Waals surface area contributed by atoms with Crippen LogP contribution in [-0.4, -0.2) is 29.2 Å². The van der Waals surface area contributed by atoms with E-state index < -0.39 is 5.54 Å². The summed E-state index contributed by atoms with van der Waals surface area (Å²) in [6.07, 6.45) is 1.42. The highest BCUT2D eigenvalue weighted by molar-refractivity contribution is 5.93. The zero-order valence-corrected chi connectivity index (χ0v) is 8.34. The maximum atomic E-state index is 11.5. The minimum absolute atomic E-state index is 0.0278. The predicted molar refractivity (Wildman–Crippen MR) is 48.7 cm³/mol. The standard InChI is InChI=1S/C9H14N2O2/c1-6(12)5-7-10-9(2,3)8(13)11(7)4/h5,10H,1-4H3/b7-5-. The molecule has 1 amide bonds. The second-order valence-corrected chi connectivity index (χ2v) is 3.75. The van der Waals surface area contributed by atoms with Crippen molar-refractivity contribution in [2.45, 2.75) is 26.3 Å². The Morgan fingerprint density at radius 3 is 2.38 bits per heavy atom. The average molecular weight is 182 g/mol. The third kappa shape index (κ3) is 1.71. The van der Waals surface area contributed by atoms with Gasteiger partial charge in [0, 0.05) is 13.1 Å². The van der Waals surface area contributed by atoms with Crippen molar-refractivity contribution in [3.63, 3.8) is 0 Å². The van der Waals surface area contributed by atoms with Gasteiger partial charge in [0.05, 0.1) is 0 Å². The Morgan fingerprint density at radius 2 is 2.08 bits per heavy atom. The maximum absolute atomic E-state index is 11.5. The molecule has 0 radical (unpaired) electrons. The van der Waals surface area contributed by atoms with Gasteiger partial charge in [0.25, 0.3) is 5.91 Å². The smallest absolute Gasteiger partial charge is 0.252 e. The minimum Gasteiger partial charge on any atom is -0.358 e. The molecule has 0 spiro atoms. The molecule has 0 aliphatic carbocycles. The topological polar surface area (TPSA) is 49.4 Å². The lowest BCUT2D eigenvalue weighted by Gasteiger charge is -2.13. The Morgan fingerprint density at radius 1 is 1.54 bits per heavy atom.